The maximum absolute atomic E-state index is 12.9. The lowest BCUT2D eigenvalue weighted by molar-refractivity contribution is 0.187. The van der Waals surface area contributed by atoms with Crippen LogP contribution in [0.25, 0.3) is 11.3 Å². The van der Waals surface area contributed by atoms with Gasteiger partial charge in [0.25, 0.3) is 0 Å². The molecule has 0 fully saturated rings. The van der Waals surface area contributed by atoms with Crippen LogP contribution in [0.4, 0.5) is 21.0 Å². The summed E-state index contributed by atoms with van der Waals surface area (Å²) in [6.45, 7) is 0.201. The summed E-state index contributed by atoms with van der Waals surface area (Å²) < 4.78 is 4.61. The van der Waals surface area contributed by atoms with Gasteiger partial charge < -0.3 is 26.1 Å². The molecule has 0 saturated heterocycles. The summed E-state index contributed by atoms with van der Waals surface area (Å²) in [5, 5.41) is 9.25. The number of aromatic amines is 1. The zero-order valence-electron chi connectivity index (χ0n) is 20.4. The lowest BCUT2D eigenvalue weighted by Crippen LogP contribution is -2.39. The minimum atomic E-state index is -0.566. The van der Waals surface area contributed by atoms with Gasteiger partial charge in [-0.1, -0.05) is 65.7 Å². The van der Waals surface area contributed by atoms with E-state index in [2.05, 4.69) is 25.7 Å². The maximum atomic E-state index is 12.9. The number of urea groups is 1. The fourth-order valence-corrected chi connectivity index (χ4v) is 4.23. The summed E-state index contributed by atoms with van der Waals surface area (Å²) in [5.41, 5.74) is 10.0. The number of hydrogen-bond donors (Lipinski definition) is 5. The molecule has 0 aliphatic carbocycles. The lowest BCUT2D eigenvalue weighted by atomic mass is 10.1. The van der Waals surface area contributed by atoms with Crippen LogP contribution in [-0.4, -0.2) is 29.2 Å². The number of rotatable bonds is 8. The molecule has 0 radical (unpaired) electrons. The first-order chi connectivity index (χ1) is 18.3. The molecule has 0 saturated carbocycles. The first-order valence-corrected chi connectivity index (χ1v) is 12.4. The molecule has 9 nitrogen and oxygen atoms in total. The molecular weight excluding hydrogens is 527 g/mol. The summed E-state index contributed by atoms with van der Waals surface area (Å²) >= 11 is 12.6. The van der Waals surface area contributed by atoms with Crippen molar-refractivity contribution in [1.82, 2.24) is 20.6 Å². The Morgan fingerprint density at radius 1 is 1.05 bits per heavy atom. The Bertz CT molecular complexity index is 1410. The van der Waals surface area contributed by atoms with Gasteiger partial charge in [-0.05, 0) is 47.9 Å². The molecule has 1 unspecified atom stereocenters. The van der Waals surface area contributed by atoms with Crippen molar-refractivity contribution in [2.45, 2.75) is 19.0 Å². The highest BCUT2D eigenvalue weighted by Crippen LogP contribution is 2.29. The van der Waals surface area contributed by atoms with Crippen LogP contribution in [0, 0.1) is 0 Å². The van der Waals surface area contributed by atoms with Crippen molar-refractivity contribution in [1.29, 1.82) is 0 Å². The minimum absolute atomic E-state index is 0.201. The van der Waals surface area contributed by atoms with Crippen molar-refractivity contribution < 1.29 is 14.3 Å². The largest absolute Gasteiger partial charge is 0.453 e. The normalized spacial score (nSPS) is 11.4. The van der Waals surface area contributed by atoms with Crippen LogP contribution < -0.4 is 21.7 Å². The molecule has 0 aliphatic rings. The molecule has 38 heavy (non-hydrogen) atoms. The van der Waals surface area contributed by atoms with Gasteiger partial charge in [0.15, 0.2) is 0 Å². The van der Waals surface area contributed by atoms with E-state index in [-0.39, 0.29) is 6.54 Å². The summed E-state index contributed by atoms with van der Waals surface area (Å²) in [6.07, 6.45) is -0.0947. The lowest BCUT2D eigenvalue weighted by Gasteiger charge is -2.18. The first kappa shape index (κ1) is 26.8. The number of carbonyl (C=O) groups excluding carboxylic acids is 2. The number of nitrogen functional groups attached to an aromatic ring is 1. The van der Waals surface area contributed by atoms with Crippen LogP contribution in [0.1, 0.15) is 23.0 Å². The summed E-state index contributed by atoms with van der Waals surface area (Å²) in [6, 6.07) is 20.9. The number of ether oxygens (including phenoxy) is 1. The fraction of sp³-hybridized carbons (Fsp3) is 0.148. The van der Waals surface area contributed by atoms with Crippen molar-refractivity contribution in [3.05, 3.63) is 99.9 Å². The number of carbonyl (C=O) groups is 2. The summed E-state index contributed by atoms with van der Waals surface area (Å²) in [7, 11) is 1.29. The molecule has 0 spiro atoms. The van der Waals surface area contributed by atoms with E-state index in [4.69, 9.17) is 33.9 Å². The highest BCUT2D eigenvalue weighted by molar-refractivity contribution is 6.32. The Morgan fingerprint density at radius 2 is 1.79 bits per heavy atom. The van der Waals surface area contributed by atoms with Gasteiger partial charge in [-0.2, -0.15) is 0 Å². The number of nitrogens with two attached hydrogens (primary N) is 1. The zero-order valence-corrected chi connectivity index (χ0v) is 21.9. The van der Waals surface area contributed by atoms with Gasteiger partial charge in [0, 0.05) is 28.5 Å². The average Bonchev–Trinajstić information content (AvgIpc) is 3.31. The topological polar surface area (TPSA) is 134 Å². The Kier molecular flexibility index (Phi) is 8.73. The molecule has 6 N–H and O–H groups in total. The summed E-state index contributed by atoms with van der Waals surface area (Å²) in [5.74, 6) is 0.489. The van der Waals surface area contributed by atoms with Crippen molar-refractivity contribution in [2.24, 2.45) is 0 Å². The van der Waals surface area contributed by atoms with E-state index in [9.17, 15) is 9.59 Å². The standard InChI is InChI=1S/C27H26Cl2N6O3/c1-38-27(37)32-20-10-7-17(8-11-20)23-24(29)35-25(34-23)22(13-16-5-3-2-4-6-16)33-26(36)31-15-18-14-19(28)9-12-21(18)30/h2-12,14,22H,13,15,30H2,1H3,(H,32,37)(H,34,35)(H2,31,33,36). The molecule has 1 atom stereocenters. The number of H-pyrrole nitrogens is 1. The number of anilines is 2. The second-order valence-electron chi connectivity index (χ2n) is 8.39. The molecule has 1 heterocycles. The quantitative estimate of drug-likeness (QED) is 0.173. The molecule has 3 aromatic carbocycles. The van der Waals surface area contributed by atoms with Crippen LogP contribution in [0.3, 0.4) is 0 Å². The number of halogens is 2. The number of aromatic nitrogens is 2. The minimum Gasteiger partial charge on any atom is -0.453 e. The van der Waals surface area contributed by atoms with Gasteiger partial charge >= 0.3 is 12.1 Å². The third-order valence-corrected chi connectivity index (χ3v) is 6.24. The molecule has 0 aliphatic heterocycles. The second-order valence-corrected chi connectivity index (χ2v) is 9.21. The molecule has 11 heteroatoms. The van der Waals surface area contributed by atoms with Crippen molar-refractivity contribution in [2.75, 3.05) is 18.2 Å². The van der Waals surface area contributed by atoms with E-state index in [0.717, 1.165) is 11.1 Å². The van der Waals surface area contributed by atoms with Gasteiger partial charge in [-0.25, -0.2) is 14.6 Å². The molecule has 1 aromatic heterocycles. The van der Waals surface area contributed by atoms with Crippen LogP contribution in [0.5, 0.6) is 0 Å². The van der Waals surface area contributed by atoms with E-state index in [0.29, 0.717) is 45.1 Å². The predicted molar refractivity (Wildman–Crippen MR) is 149 cm³/mol. The van der Waals surface area contributed by atoms with Crippen LogP contribution in [0.15, 0.2) is 72.8 Å². The Labute approximate surface area is 229 Å². The van der Waals surface area contributed by atoms with E-state index in [1.165, 1.54) is 7.11 Å². The third-order valence-electron chi connectivity index (χ3n) is 5.73. The van der Waals surface area contributed by atoms with E-state index < -0.39 is 18.2 Å². The van der Waals surface area contributed by atoms with Gasteiger partial charge in [-0.15, -0.1) is 0 Å². The van der Waals surface area contributed by atoms with E-state index >= 15 is 0 Å². The smallest absolute Gasteiger partial charge is 0.411 e. The first-order valence-electron chi connectivity index (χ1n) is 11.7. The third kappa shape index (κ3) is 6.96. The number of nitrogens with one attached hydrogen (secondary N) is 4. The van der Waals surface area contributed by atoms with Crippen LogP contribution >= 0.6 is 23.2 Å². The molecule has 0 bridgehead atoms. The SMILES string of the molecule is COC(=O)Nc1ccc(-c2nc(C(Cc3ccccc3)NC(=O)NCc3cc(Cl)ccc3N)[nH]c2Cl)cc1. The second kappa shape index (κ2) is 12.4. The van der Waals surface area contributed by atoms with Crippen LogP contribution in [0.2, 0.25) is 10.2 Å². The number of methoxy groups -OCH3 is 1. The molecule has 4 aromatic rings. The van der Waals surface area contributed by atoms with Gasteiger partial charge in [0.1, 0.15) is 16.7 Å². The van der Waals surface area contributed by atoms with Gasteiger partial charge in [-0.3, -0.25) is 5.32 Å². The molecule has 196 valence electrons. The average molecular weight is 553 g/mol. The maximum Gasteiger partial charge on any atom is 0.411 e. The van der Waals surface area contributed by atoms with E-state index in [1.54, 1.807) is 42.5 Å². The monoisotopic (exact) mass is 552 g/mol. The molecule has 3 amide bonds. The zero-order chi connectivity index (χ0) is 27.1. The Hall–Kier alpha value is -4.21. The molecule has 4 rings (SSSR count). The van der Waals surface area contributed by atoms with Crippen molar-refractivity contribution in [3.63, 3.8) is 0 Å². The number of amides is 3. The Balaban J connectivity index is 1.53. The highest BCUT2D eigenvalue weighted by atomic mass is 35.5. The number of benzene rings is 3. The predicted octanol–water partition coefficient (Wildman–Crippen LogP) is 5.93. The fourth-order valence-electron chi connectivity index (χ4n) is 3.78. The molecular formula is C27H26Cl2N6O3. The van der Waals surface area contributed by atoms with E-state index in [1.807, 2.05) is 30.3 Å². The van der Waals surface area contributed by atoms with Gasteiger partial charge in [0.05, 0.1) is 13.2 Å². The Morgan fingerprint density at radius 3 is 2.50 bits per heavy atom. The van der Waals surface area contributed by atoms with Gasteiger partial charge in [0.2, 0.25) is 0 Å². The number of nitrogens with zero attached hydrogens (tertiary/aromatic N) is 1. The number of hydrogen-bond acceptors (Lipinski definition) is 5. The van der Waals surface area contributed by atoms with Crippen LogP contribution in [-0.2, 0) is 17.7 Å². The highest BCUT2D eigenvalue weighted by Gasteiger charge is 2.22. The van der Waals surface area contributed by atoms with Crippen molar-refractivity contribution >= 4 is 46.7 Å². The number of imidazole rings is 1. The van der Waals surface area contributed by atoms with Crippen molar-refractivity contribution in [3.8, 4) is 11.3 Å². The summed E-state index contributed by atoms with van der Waals surface area (Å²) in [4.78, 5) is 32.1.